The largest absolute Gasteiger partial charge is 0.234 e. The zero-order chi connectivity index (χ0) is 11.0. The molecule has 0 aromatic carbocycles. The van der Waals surface area contributed by atoms with Gasteiger partial charge in [-0.3, -0.25) is 0 Å². The maximum Gasteiger partial charge on any atom is 0.144 e. The molecule has 0 aromatic rings. The van der Waals surface area contributed by atoms with E-state index in [4.69, 9.17) is 5.26 Å². The summed E-state index contributed by atoms with van der Waals surface area (Å²) in [5, 5.41) is 8.78. The second-order valence-electron chi connectivity index (χ2n) is 5.05. The van der Waals surface area contributed by atoms with E-state index in [1.54, 1.807) is 0 Å². The molecule has 1 fully saturated rings. The van der Waals surface area contributed by atoms with Gasteiger partial charge >= 0.3 is 0 Å². The average molecular weight is 212 g/mol. The second-order valence-corrected chi connectivity index (χ2v) is 6.95. The fourth-order valence-electron chi connectivity index (χ4n) is 1.25. The zero-order valence-electron chi connectivity index (χ0n) is 9.13. The first-order valence-electron chi connectivity index (χ1n) is 4.66. The van der Waals surface area contributed by atoms with Gasteiger partial charge in [0.2, 0.25) is 0 Å². The van der Waals surface area contributed by atoms with Crippen LogP contribution in [-0.2, 0) is 11.0 Å². The Labute approximate surface area is 87.8 Å². The van der Waals surface area contributed by atoms with Crippen molar-refractivity contribution in [2.24, 2.45) is 9.81 Å². The Morgan fingerprint density at radius 3 is 2.36 bits per heavy atom. The Bertz CT molecular complexity index is 325. The minimum Gasteiger partial charge on any atom is -0.234 e. The Hall–Kier alpha value is -0.690. The molecule has 4 heteroatoms. The second kappa shape index (κ2) is 3.47. The molecule has 1 aliphatic carbocycles. The van der Waals surface area contributed by atoms with Crippen LogP contribution in [0.15, 0.2) is 4.40 Å². The maximum absolute atomic E-state index is 11.6. The van der Waals surface area contributed by atoms with Crippen LogP contribution in [-0.4, -0.2) is 14.7 Å². The van der Waals surface area contributed by atoms with Crippen LogP contribution in [0.4, 0.5) is 0 Å². The lowest BCUT2D eigenvalue weighted by atomic mass is 9.70. The molecule has 0 aliphatic heterocycles. The fourth-order valence-corrected chi connectivity index (χ4v) is 1.88. The number of nitriles is 1. The summed E-state index contributed by atoms with van der Waals surface area (Å²) in [6.45, 7) is 7.60. The first-order valence-corrected chi connectivity index (χ1v) is 5.77. The van der Waals surface area contributed by atoms with Crippen LogP contribution in [0.1, 0.15) is 40.5 Å². The van der Waals surface area contributed by atoms with Crippen molar-refractivity contribution in [1.29, 1.82) is 5.26 Å². The van der Waals surface area contributed by atoms with Crippen molar-refractivity contribution in [1.82, 2.24) is 0 Å². The molecule has 1 aliphatic rings. The quantitative estimate of drug-likeness (QED) is 0.669. The van der Waals surface area contributed by atoms with E-state index in [0.29, 0.717) is 12.8 Å². The van der Waals surface area contributed by atoms with Gasteiger partial charge in [0.15, 0.2) is 0 Å². The van der Waals surface area contributed by atoms with Crippen molar-refractivity contribution in [2.45, 2.75) is 45.3 Å². The van der Waals surface area contributed by atoms with E-state index in [-0.39, 0.29) is 10.2 Å². The number of hydrogen-bond donors (Lipinski definition) is 0. The molecule has 0 spiro atoms. The molecule has 1 unspecified atom stereocenters. The van der Waals surface area contributed by atoms with E-state index in [2.05, 4.69) is 10.5 Å². The minimum absolute atomic E-state index is 0.263. The molecule has 1 saturated carbocycles. The molecule has 78 valence electrons. The van der Waals surface area contributed by atoms with Crippen molar-refractivity contribution in [3.05, 3.63) is 0 Å². The highest BCUT2D eigenvalue weighted by Crippen LogP contribution is 2.38. The van der Waals surface area contributed by atoms with Gasteiger partial charge in [0, 0.05) is 18.6 Å². The number of nitrogens with zero attached hydrogens (tertiary/aromatic N) is 2. The van der Waals surface area contributed by atoms with Crippen LogP contribution >= 0.6 is 0 Å². The van der Waals surface area contributed by atoms with Gasteiger partial charge in [-0.15, -0.1) is 0 Å². The van der Waals surface area contributed by atoms with Crippen molar-refractivity contribution < 1.29 is 4.21 Å². The predicted molar refractivity (Wildman–Crippen MR) is 58.3 cm³/mol. The fraction of sp³-hybridized carbons (Fsp3) is 0.800. The van der Waals surface area contributed by atoms with Crippen LogP contribution in [0, 0.1) is 16.7 Å². The van der Waals surface area contributed by atoms with Crippen molar-refractivity contribution >= 4 is 16.7 Å². The molecule has 0 heterocycles. The highest BCUT2D eigenvalue weighted by Gasteiger charge is 2.38. The molecular weight excluding hydrogens is 196 g/mol. The van der Waals surface area contributed by atoms with E-state index >= 15 is 0 Å². The molecule has 0 radical (unpaired) electrons. The third-order valence-corrected chi connectivity index (χ3v) is 3.67. The summed E-state index contributed by atoms with van der Waals surface area (Å²) in [6.07, 6.45) is 1.34. The molecule has 1 atom stereocenters. The lowest BCUT2D eigenvalue weighted by Gasteiger charge is -2.33. The average Bonchev–Trinajstić information content (AvgIpc) is 1.99. The standard InChI is InChI=1S/C10H16N2OS/c1-9(2,3)14(13)12-8-5-10(4,6-8)7-11/h5-6H2,1-4H3. The lowest BCUT2D eigenvalue weighted by Crippen LogP contribution is -2.34. The van der Waals surface area contributed by atoms with E-state index < -0.39 is 11.0 Å². The van der Waals surface area contributed by atoms with E-state index in [1.165, 1.54) is 0 Å². The summed E-state index contributed by atoms with van der Waals surface area (Å²) in [4.78, 5) is 0. The normalized spacial score (nSPS) is 28.9. The van der Waals surface area contributed by atoms with Gasteiger partial charge in [-0.25, -0.2) is 4.21 Å². The van der Waals surface area contributed by atoms with E-state index in [9.17, 15) is 4.21 Å². The lowest BCUT2D eigenvalue weighted by molar-refractivity contribution is 0.415. The molecule has 1 rings (SSSR count). The van der Waals surface area contributed by atoms with Gasteiger partial charge in [-0.05, 0) is 27.7 Å². The summed E-state index contributed by atoms with van der Waals surface area (Å²) in [5.41, 5.74) is 0.656. The van der Waals surface area contributed by atoms with Crippen LogP contribution in [0.25, 0.3) is 0 Å². The smallest absolute Gasteiger partial charge is 0.144 e. The molecular formula is C10H16N2OS. The Kier molecular flexibility index (Phi) is 2.82. The minimum atomic E-state index is -1.17. The predicted octanol–water partition coefficient (Wildman–Crippen LogP) is 2.21. The summed E-state index contributed by atoms with van der Waals surface area (Å²) < 4.78 is 15.4. The van der Waals surface area contributed by atoms with Gasteiger partial charge in [0.25, 0.3) is 0 Å². The molecule has 0 aromatic heterocycles. The first kappa shape index (κ1) is 11.4. The third kappa shape index (κ3) is 2.42. The monoisotopic (exact) mass is 212 g/mol. The van der Waals surface area contributed by atoms with E-state index in [1.807, 2.05) is 27.7 Å². The summed E-state index contributed by atoms with van der Waals surface area (Å²) in [6, 6.07) is 2.24. The summed E-state index contributed by atoms with van der Waals surface area (Å²) in [5.74, 6) is 0. The zero-order valence-corrected chi connectivity index (χ0v) is 9.94. The SMILES string of the molecule is CC1(C#N)CC(=NS(=O)C(C)(C)C)C1. The van der Waals surface area contributed by atoms with Crippen molar-refractivity contribution in [2.75, 3.05) is 0 Å². The molecule has 0 N–H and O–H groups in total. The topological polar surface area (TPSA) is 53.2 Å². The third-order valence-electron chi connectivity index (χ3n) is 2.19. The number of rotatable bonds is 1. The number of hydrogen-bond acceptors (Lipinski definition) is 2. The highest BCUT2D eigenvalue weighted by atomic mass is 32.2. The highest BCUT2D eigenvalue weighted by molar-refractivity contribution is 7.85. The van der Waals surface area contributed by atoms with Gasteiger partial charge in [-0.2, -0.15) is 9.66 Å². The Balaban J connectivity index is 2.61. The molecule has 0 saturated heterocycles. The summed E-state index contributed by atoms with van der Waals surface area (Å²) in [7, 11) is -1.17. The molecule has 3 nitrogen and oxygen atoms in total. The maximum atomic E-state index is 11.6. The summed E-state index contributed by atoms with van der Waals surface area (Å²) >= 11 is 0. The molecule has 0 amide bonds. The van der Waals surface area contributed by atoms with Crippen LogP contribution < -0.4 is 0 Å². The van der Waals surface area contributed by atoms with Gasteiger partial charge in [0.1, 0.15) is 11.0 Å². The van der Waals surface area contributed by atoms with Gasteiger partial charge in [0.05, 0.1) is 16.2 Å². The first-order chi connectivity index (χ1) is 6.27. The Morgan fingerprint density at radius 1 is 1.50 bits per heavy atom. The van der Waals surface area contributed by atoms with E-state index in [0.717, 1.165) is 5.71 Å². The van der Waals surface area contributed by atoms with Crippen LogP contribution in [0.2, 0.25) is 0 Å². The van der Waals surface area contributed by atoms with Crippen LogP contribution in [0.3, 0.4) is 0 Å². The Morgan fingerprint density at radius 2 is 2.00 bits per heavy atom. The van der Waals surface area contributed by atoms with Crippen molar-refractivity contribution in [3.8, 4) is 6.07 Å². The van der Waals surface area contributed by atoms with Gasteiger partial charge in [-0.1, -0.05) is 0 Å². The van der Waals surface area contributed by atoms with Crippen molar-refractivity contribution in [3.63, 3.8) is 0 Å². The molecule has 14 heavy (non-hydrogen) atoms. The molecule has 0 bridgehead atoms. The van der Waals surface area contributed by atoms with Crippen LogP contribution in [0.5, 0.6) is 0 Å². The van der Waals surface area contributed by atoms with Gasteiger partial charge < -0.3 is 0 Å².